The Hall–Kier alpha value is -1.13. The Morgan fingerprint density at radius 1 is 1.50 bits per heavy atom. The van der Waals surface area contributed by atoms with Crippen LogP contribution in [0, 0.1) is 5.82 Å². The number of halogens is 2. The number of ether oxygens (including phenoxy) is 1. The summed E-state index contributed by atoms with van der Waals surface area (Å²) in [6.45, 7) is 1.41. The molecule has 2 heterocycles. The summed E-state index contributed by atoms with van der Waals surface area (Å²) in [5.74, 6) is 1.06. The van der Waals surface area contributed by atoms with Crippen molar-refractivity contribution in [2.24, 2.45) is 0 Å². The van der Waals surface area contributed by atoms with Gasteiger partial charge in [0, 0.05) is 18.9 Å². The summed E-state index contributed by atoms with van der Waals surface area (Å²) in [4.78, 5) is 4.39. The molecule has 1 aromatic heterocycles. The van der Waals surface area contributed by atoms with E-state index in [-0.39, 0.29) is 11.9 Å². The minimum absolute atomic E-state index is 0.245. The van der Waals surface area contributed by atoms with E-state index in [9.17, 15) is 4.39 Å². The molecule has 3 rings (SSSR count). The molecular formula is C13H14ClFN2O. The van der Waals surface area contributed by atoms with Gasteiger partial charge in [-0.25, -0.2) is 9.37 Å². The van der Waals surface area contributed by atoms with Crippen LogP contribution < -0.4 is 0 Å². The molecule has 1 unspecified atom stereocenters. The number of aromatic nitrogens is 2. The number of hydrogen-bond donors (Lipinski definition) is 0. The Morgan fingerprint density at radius 3 is 3.11 bits per heavy atom. The first-order chi connectivity index (χ1) is 8.81. The number of nitrogens with zero attached hydrogens (tertiary/aromatic N) is 2. The van der Waals surface area contributed by atoms with Crippen LogP contribution in [0.25, 0.3) is 11.0 Å². The van der Waals surface area contributed by atoms with E-state index in [2.05, 4.69) is 9.55 Å². The molecule has 0 N–H and O–H groups in total. The zero-order chi connectivity index (χ0) is 12.5. The highest BCUT2D eigenvalue weighted by Gasteiger charge is 2.23. The van der Waals surface area contributed by atoms with Gasteiger partial charge in [-0.2, -0.15) is 0 Å². The molecular weight excluding hydrogens is 255 g/mol. The van der Waals surface area contributed by atoms with Gasteiger partial charge in [0.05, 0.1) is 18.2 Å². The number of alkyl halides is 1. The molecule has 1 aromatic carbocycles. The van der Waals surface area contributed by atoms with Crippen molar-refractivity contribution in [3.8, 4) is 0 Å². The van der Waals surface area contributed by atoms with Gasteiger partial charge >= 0.3 is 0 Å². The number of aryl methyl sites for hydroxylation is 1. The molecule has 0 aliphatic carbocycles. The largest absolute Gasteiger partial charge is 0.379 e. The van der Waals surface area contributed by atoms with Crippen molar-refractivity contribution in [2.75, 3.05) is 19.1 Å². The van der Waals surface area contributed by atoms with Crippen molar-refractivity contribution in [2.45, 2.75) is 18.9 Å². The fraction of sp³-hybridized carbons (Fsp3) is 0.462. The second-order valence-electron chi connectivity index (χ2n) is 4.46. The molecule has 1 saturated heterocycles. The van der Waals surface area contributed by atoms with Crippen molar-refractivity contribution in [3.63, 3.8) is 0 Å². The van der Waals surface area contributed by atoms with Gasteiger partial charge in [-0.05, 0) is 18.6 Å². The van der Waals surface area contributed by atoms with E-state index in [0.717, 1.165) is 24.4 Å². The van der Waals surface area contributed by atoms with E-state index in [1.54, 1.807) is 6.07 Å². The van der Waals surface area contributed by atoms with Crippen molar-refractivity contribution in [3.05, 3.63) is 29.8 Å². The molecule has 1 fully saturated rings. The van der Waals surface area contributed by atoms with Crippen molar-refractivity contribution < 1.29 is 9.13 Å². The fourth-order valence-electron chi connectivity index (χ4n) is 2.53. The maximum Gasteiger partial charge on any atom is 0.151 e. The molecule has 1 aliphatic heterocycles. The van der Waals surface area contributed by atoms with Crippen LogP contribution in [0.1, 0.15) is 18.3 Å². The second kappa shape index (κ2) is 4.86. The summed E-state index contributed by atoms with van der Waals surface area (Å²) < 4.78 is 21.3. The topological polar surface area (TPSA) is 27.1 Å². The average Bonchev–Trinajstić information content (AvgIpc) is 2.96. The molecule has 0 bridgehead atoms. The van der Waals surface area contributed by atoms with E-state index in [4.69, 9.17) is 16.3 Å². The number of rotatable bonds is 3. The van der Waals surface area contributed by atoms with Gasteiger partial charge in [0.25, 0.3) is 0 Å². The lowest BCUT2D eigenvalue weighted by Crippen LogP contribution is -2.12. The molecule has 2 aromatic rings. The number of benzene rings is 1. The van der Waals surface area contributed by atoms with Gasteiger partial charge in [-0.3, -0.25) is 0 Å². The maximum absolute atomic E-state index is 13.8. The summed E-state index contributed by atoms with van der Waals surface area (Å²) in [7, 11) is 0. The third kappa shape index (κ3) is 1.89. The van der Waals surface area contributed by atoms with Gasteiger partial charge in [0.2, 0.25) is 0 Å². The Morgan fingerprint density at radius 2 is 2.39 bits per heavy atom. The predicted molar refractivity (Wildman–Crippen MR) is 68.6 cm³/mol. The molecule has 3 nitrogen and oxygen atoms in total. The molecule has 0 spiro atoms. The summed E-state index contributed by atoms with van der Waals surface area (Å²) >= 11 is 5.80. The van der Waals surface area contributed by atoms with Crippen LogP contribution in [0.15, 0.2) is 18.2 Å². The maximum atomic E-state index is 13.8. The van der Waals surface area contributed by atoms with Crippen LogP contribution in [-0.4, -0.2) is 28.6 Å². The highest BCUT2D eigenvalue weighted by Crippen LogP contribution is 2.28. The van der Waals surface area contributed by atoms with Crippen molar-refractivity contribution >= 4 is 22.6 Å². The van der Waals surface area contributed by atoms with Crippen LogP contribution in [0.4, 0.5) is 4.39 Å². The normalized spacial score (nSPS) is 19.8. The third-order valence-corrected chi connectivity index (χ3v) is 3.52. The van der Waals surface area contributed by atoms with Crippen molar-refractivity contribution in [1.29, 1.82) is 0 Å². The van der Waals surface area contributed by atoms with Crippen LogP contribution in [0.2, 0.25) is 0 Å². The molecule has 0 amide bonds. The third-order valence-electron chi connectivity index (χ3n) is 3.33. The van der Waals surface area contributed by atoms with Crippen LogP contribution >= 0.6 is 11.6 Å². The first-order valence-corrected chi connectivity index (χ1v) is 6.63. The molecule has 5 heteroatoms. The quantitative estimate of drug-likeness (QED) is 0.801. The average molecular weight is 269 g/mol. The molecule has 1 atom stereocenters. The standard InChI is InChI=1S/C13H14ClFN2O/c14-6-4-12-16-13-10(15)2-1-3-11(13)17(12)9-5-7-18-8-9/h1-3,9H,4-8H2. The summed E-state index contributed by atoms with van der Waals surface area (Å²) in [6.07, 6.45) is 1.59. The monoisotopic (exact) mass is 268 g/mol. The van der Waals surface area contributed by atoms with E-state index in [1.165, 1.54) is 6.07 Å². The van der Waals surface area contributed by atoms with E-state index in [0.29, 0.717) is 24.4 Å². The highest BCUT2D eigenvalue weighted by atomic mass is 35.5. The lowest BCUT2D eigenvalue weighted by Gasteiger charge is -2.14. The Kier molecular flexibility index (Phi) is 3.22. The van der Waals surface area contributed by atoms with Gasteiger partial charge in [-0.1, -0.05) is 6.07 Å². The minimum atomic E-state index is -0.277. The Balaban J connectivity index is 2.18. The number of fused-ring (bicyclic) bond motifs is 1. The lowest BCUT2D eigenvalue weighted by molar-refractivity contribution is 0.186. The van der Waals surface area contributed by atoms with Gasteiger partial charge in [-0.15, -0.1) is 11.6 Å². The highest BCUT2D eigenvalue weighted by molar-refractivity contribution is 6.17. The summed E-state index contributed by atoms with van der Waals surface area (Å²) in [5.41, 5.74) is 1.27. The Labute approximate surface area is 110 Å². The van der Waals surface area contributed by atoms with Gasteiger partial charge < -0.3 is 9.30 Å². The summed E-state index contributed by atoms with van der Waals surface area (Å²) in [5, 5.41) is 0. The molecule has 0 radical (unpaired) electrons. The SMILES string of the molecule is Fc1cccc2c1nc(CCCl)n2C1CCOC1. The van der Waals surface area contributed by atoms with Gasteiger partial charge in [0.1, 0.15) is 11.3 Å². The van der Waals surface area contributed by atoms with Gasteiger partial charge in [0.15, 0.2) is 5.82 Å². The van der Waals surface area contributed by atoms with Crippen LogP contribution in [0.5, 0.6) is 0 Å². The first kappa shape index (κ1) is 11.9. The zero-order valence-electron chi connectivity index (χ0n) is 9.90. The molecule has 96 valence electrons. The Bertz CT molecular complexity index is 563. The molecule has 1 aliphatic rings. The number of para-hydroxylation sites is 1. The molecule has 0 saturated carbocycles. The van der Waals surface area contributed by atoms with Crippen LogP contribution in [-0.2, 0) is 11.2 Å². The molecule has 18 heavy (non-hydrogen) atoms. The zero-order valence-corrected chi connectivity index (χ0v) is 10.7. The number of imidazole rings is 1. The van der Waals surface area contributed by atoms with Crippen molar-refractivity contribution in [1.82, 2.24) is 9.55 Å². The van der Waals surface area contributed by atoms with E-state index >= 15 is 0 Å². The van der Waals surface area contributed by atoms with E-state index < -0.39 is 0 Å². The first-order valence-electron chi connectivity index (χ1n) is 6.10. The summed E-state index contributed by atoms with van der Waals surface area (Å²) in [6, 6.07) is 5.31. The predicted octanol–water partition coefficient (Wildman–Crippen LogP) is 2.92. The second-order valence-corrected chi connectivity index (χ2v) is 4.84. The number of hydrogen-bond acceptors (Lipinski definition) is 2. The lowest BCUT2D eigenvalue weighted by atomic mass is 10.2. The smallest absolute Gasteiger partial charge is 0.151 e. The van der Waals surface area contributed by atoms with E-state index in [1.807, 2.05) is 6.07 Å². The van der Waals surface area contributed by atoms with Crippen LogP contribution in [0.3, 0.4) is 0 Å². The minimum Gasteiger partial charge on any atom is -0.379 e. The fourth-order valence-corrected chi connectivity index (χ4v) is 2.69.